The van der Waals surface area contributed by atoms with E-state index in [1.54, 1.807) is 7.05 Å². The molecule has 0 aromatic heterocycles. The molecule has 0 unspecified atom stereocenters. The number of likely N-dealkylation sites (tertiary alicyclic amines) is 1. The highest BCUT2D eigenvalue weighted by Crippen LogP contribution is 2.17. The maximum absolute atomic E-state index is 11.8. The van der Waals surface area contributed by atoms with Gasteiger partial charge in [-0.25, -0.2) is 0 Å². The van der Waals surface area contributed by atoms with Crippen molar-refractivity contribution >= 4 is 5.91 Å². The van der Waals surface area contributed by atoms with Gasteiger partial charge in [0.25, 0.3) is 0 Å². The number of nitrogens with two attached hydrogens (primary N) is 1. The van der Waals surface area contributed by atoms with Crippen molar-refractivity contribution in [1.82, 2.24) is 10.2 Å². The van der Waals surface area contributed by atoms with E-state index in [1.807, 2.05) is 18.2 Å². The Hall–Kier alpha value is -1.43. The number of hydrogen-bond acceptors (Lipinski definition) is 4. The minimum Gasteiger partial charge on any atom is -0.377 e. The van der Waals surface area contributed by atoms with Gasteiger partial charge in [-0.15, -0.1) is 0 Å². The van der Waals surface area contributed by atoms with Crippen molar-refractivity contribution in [2.24, 2.45) is 5.73 Å². The van der Waals surface area contributed by atoms with Gasteiger partial charge in [-0.05, 0) is 18.4 Å². The molecule has 0 aliphatic carbocycles. The number of amides is 1. The third kappa shape index (κ3) is 4.81. The number of benzene rings is 1. The first-order chi connectivity index (χ1) is 10.2. The monoisotopic (exact) mass is 291 g/mol. The molecule has 2 rings (SSSR count). The van der Waals surface area contributed by atoms with E-state index >= 15 is 0 Å². The lowest BCUT2D eigenvalue weighted by molar-refractivity contribution is -0.125. The Balaban J connectivity index is 1.66. The van der Waals surface area contributed by atoms with Crippen molar-refractivity contribution in [3.8, 4) is 0 Å². The van der Waals surface area contributed by atoms with E-state index in [1.165, 1.54) is 5.56 Å². The SMILES string of the molecule is CNC(=O)[C@@H]1C[C@@H](N)CN1CCCOCc1ccccc1. The van der Waals surface area contributed by atoms with Crippen LogP contribution in [0.25, 0.3) is 0 Å². The molecule has 1 aromatic carbocycles. The molecule has 116 valence electrons. The average Bonchev–Trinajstić information content (AvgIpc) is 2.88. The third-order valence-corrected chi connectivity index (χ3v) is 3.83. The molecule has 1 saturated heterocycles. The Morgan fingerprint density at radius 1 is 1.43 bits per heavy atom. The summed E-state index contributed by atoms with van der Waals surface area (Å²) in [7, 11) is 1.67. The van der Waals surface area contributed by atoms with Crippen LogP contribution in [-0.4, -0.2) is 49.6 Å². The van der Waals surface area contributed by atoms with E-state index in [0.29, 0.717) is 13.2 Å². The molecule has 0 bridgehead atoms. The zero-order chi connectivity index (χ0) is 15.1. The lowest BCUT2D eigenvalue weighted by Crippen LogP contribution is -2.42. The van der Waals surface area contributed by atoms with Crippen LogP contribution in [0.2, 0.25) is 0 Å². The molecule has 0 spiro atoms. The van der Waals surface area contributed by atoms with Gasteiger partial charge in [0.15, 0.2) is 0 Å². The van der Waals surface area contributed by atoms with Crippen LogP contribution in [0.4, 0.5) is 0 Å². The molecular weight excluding hydrogens is 266 g/mol. The summed E-state index contributed by atoms with van der Waals surface area (Å²) in [5, 5.41) is 2.71. The van der Waals surface area contributed by atoms with Crippen LogP contribution in [0.3, 0.4) is 0 Å². The number of ether oxygens (including phenoxy) is 1. The van der Waals surface area contributed by atoms with Crippen LogP contribution >= 0.6 is 0 Å². The van der Waals surface area contributed by atoms with Crippen molar-refractivity contribution in [3.05, 3.63) is 35.9 Å². The minimum atomic E-state index is -0.0841. The van der Waals surface area contributed by atoms with Gasteiger partial charge >= 0.3 is 0 Å². The number of hydrogen-bond donors (Lipinski definition) is 2. The summed E-state index contributed by atoms with van der Waals surface area (Å²) in [6.45, 7) is 2.97. The zero-order valence-electron chi connectivity index (χ0n) is 12.6. The van der Waals surface area contributed by atoms with Crippen LogP contribution in [0.5, 0.6) is 0 Å². The fraction of sp³-hybridized carbons (Fsp3) is 0.562. The standard InChI is InChI=1S/C16H25N3O2/c1-18-16(20)15-10-14(17)11-19(15)8-5-9-21-12-13-6-3-2-4-7-13/h2-4,6-7,14-15H,5,8-12,17H2,1H3,(H,18,20)/t14-,15+/m1/s1. The molecule has 0 saturated carbocycles. The second-order valence-corrected chi connectivity index (χ2v) is 5.51. The van der Waals surface area contributed by atoms with E-state index in [9.17, 15) is 4.79 Å². The maximum Gasteiger partial charge on any atom is 0.237 e. The molecule has 0 radical (unpaired) electrons. The quantitative estimate of drug-likeness (QED) is 0.727. The summed E-state index contributed by atoms with van der Waals surface area (Å²) in [4.78, 5) is 14.0. The van der Waals surface area contributed by atoms with E-state index in [2.05, 4.69) is 22.3 Å². The van der Waals surface area contributed by atoms with Gasteiger partial charge in [0, 0.05) is 32.8 Å². The van der Waals surface area contributed by atoms with Gasteiger partial charge in [0.2, 0.25) is 5.91 Å². The normalized spacial score (nSPS) is 22.4. The summed E-state index contributed by atoms with van der Waals surface area (Å²) >= 11 is 0. The number of carbonyl (C=O) groups excluding carboxylic acids is 1. The first-order valence-electron chi connectivity index (χ1n) is 7.53. The van der Waals surface area contributed by atoms with Crippen molar-refractivity contribution in [2.75, 3.05) is 26.7 Å². The number of nitrogens with one attached hydrogen (secondary N) is 1. The second-order valence-electron chi connectivity index (χ2n) is 5.51. The molecule has 5 heteroatoms. The Bertz CT molecular complexity index is 438. The largest absolute Gasteiger partial charge is 0.377 e. The van der Waals surface area contributed by atoms with Crippen LogP contribution in [0, 0.1) is 0 Å². The van der Waals surface area contributed by atoms with Crippen molar-refractivity contribution in [2.45, 2.75) is 31.5 Å². The number of nitrogens with zero attached hydrogens (tertiary/aromatic N) is 1. The maximum atomic E-state index is 11.8. The molecule has 3 N–H and O–H groups in total. The van der Waals surface area contributed by atoms with E-state index in [4.69, 9.17) is 10.5 Å². The summed E-state index contributed by atoms with van der Waals surface area (Å²) in [6.07, 6.45) is 1.65. The van der Waals surface area contributed by atoms with Gasteiger partial charge in [-0.1, -0.05) is 30.3 Å². The van der Waals surface area contributed by atoms with Gasteiger partial charge in [-0.3, -0.25) is 9.69 Å². The Kier molecular flexibility index (Phi) is 6.17. The Morgan fingerprint density at radius 3 is 2.90 bits per heavy atom. The third-order valence-electron chi connectivity index (χ3n) is 3.83. The van der Waals surface area contributed by atoms with Crippen LogP contribution in [0.15, 0.2) is 30.3 Å². The Morgan fingerprint density at radius 2 is 2.19 bits per heavy atom. The predicted octanol–water partition coefficient (Wildman–Crippen LogP) is 0.741. The molecule has 1 fully saturated rings. The minimum absolute atomic E-state index is 0.0631. The van der Waals surface area contributed by atoms with Gasteiger partial charge in [0.05, 0.1) is 12.6 Å². The lowest BCUT2D eigenvalue weighted by Gasteiger charge is -2.22. The Labute approximate surface area is 126 Å². The molecule has 2 atom stereocenters. The van der Waals surface area contributed by atoms with Crippen LogP contribution in [-0.2, 0) is 16.1 Å². The summed E-state index contributed by atoms with van der Waals surface area (Å²) < 4.78 is 5.67. The molecule has 1 aliphatic rings. The topological polar surface area (TPSA) is 67.6 Å². The number of rotatable bonds is 7. The first kappa shape index (κ1) is 15.9. The number of likely N-dealkylation sites (N-methyl/N-ethyl adjacent to an activating group) is 1. The molecule has 1 aliphatic heterocycles. The molecule has 1 heterocycles. The summed E-state index contributed by atoms with van der Waals surface area (Å²) in [5.74, 6) is 0.0631. The predicted molar refractivity (Wildman–Crippen MR) is 82.7 cm³/mol. The fourth-order valence-electron chi connectivity index (χ4n) is 2.76. The van der Waals surface area contributed by atoms with E-state index in [0.717, 1.165) is 25.9 Å². The number of carbonyl (C=O) groups is 1. The van der Waals surface area contributed by atoms with Gasteiger partial charge in [0.1, 0.15) is 0 Å². The molecule has 21 heavy (non-hydrogen) atoms. The van der Waals surface area contributed by atoms with Crippen LogP contribution in [0.1, 0.15) is 18.4 Å². The molecule has 1 amide bonds. The molecule has 1 aromatic rings. The van der Waals surface area contributed by atoms with Crippen molar-refractivity contribution in [1.29, 1.82) is 0 Å². The zero-order valence-corrected chi connectivity index (χ0v) is 12.6. The van der Waals surface area contributed by atoms with Crippen LogP contribution < -0.4 is 11.1 Å². The van der Waals surface area contributed by atoms with Crippen molar-refractivity contribution in [3.63, 3.8) is 0 Å². The van der Waals surface area contributed by atoms with Gasteiger partial charge < -0.3 is 15.8 Å². The summed E-state index contributed by atoms with van der Waals surface area (Å²) in [6, 6.07) is 10.1. The van der Waals surface area contributed by atoms with E-state index in [-0.39, 0.29) is 18.0 Å². The first-order valence-corrected chi connectivity index (χ1v) is 7.53. The highest BCUT2D eigenvalue weighted by atomic mass is 16.5. The highest BCUT2D eigenvalue weighted by molar-refractivity contribution is 5.81. The fourth-order valence-corrected chi connectivity index (χ4v) is 2.76. The smallest absolute Gasteiger partial charge is 0.237 e. The lowest BCUT2D eigenvalue weighted by atomic mass is 10.1. The molecular formula is C16H25N3O2. The highest BCUT2D eigenvalue weighted by Gasteiger charge is 2.33. The summed E-state index contributed by atoms with van der Waals surface area (Å²) in [5.41, 5.74) is 7.15. The average molecular weight is 291 g/mol. The molecule has 5 nitrogen and oxygen atoms in total. The van der Waals surface area contributed by atoms with Crippen molar-refractivity contribution < 1.29 is 9.53 Å². The second kappa shape index (κ2) is 8.12. The van der Waals surface area contributed by atoms with E-state index < -0.39 is 0 Å². The van der Waals surface area contributed by atoms with Gasteiger partial charge in [-0.2, -0.15) is 0 Å².